The van der Waals surface area contributed by atoms with E-state index in [9.17, 15) is 0 Å². The van der Waals surface area contributed by atoms with Crippen molar-refractivity contribution in [3.05, 3.63) is 30.0 Å². The van der Waals surface area contributed by atoms with Gasteiger partial charge in [-0.1, -0.05) is 18.2 Å². The molecule has 0 bridgehead atoms. The summed E-state index contributed by atoms with van der Waals surface area (Å²) in [6.07, 6.45) is 0.677. The fraction of sp³-hybridized carbons (Fsp3) is 0.533. The molecule has 1 aromatic heterocycles. The van der Waals surface area contributed by atoms with Gasteiger partial charge in [-0.3, -0.25) is 4.68 Å². The number of para-hydroxylation sites is 1. The Balaban J connectivity index is 1.83. The van der Waals surface area contributed by atoms with Crippen molar-refractivity contribution in [1.29, 1.82) is 0 Å². The Morgan fingerprint density at radius 2 is 2.25 bits per heavy atom. The van der Waals surface area contributed by atoms with Crippen LogP contribution in [0.15, 0.2) is 24.3 Å². The second-order valence-corrected chi connectivity index (χ2v) is 5.13. The van der Waals surface area contributed by atoms with E-state index in [1.54, 1.807) is 0 Å². The number of nitrogens with zero attached hydrogens (tertiary/aromatic N) is 2. The predicted molar refractivity (Wildman–Crippen MR) is 77.6 cm³/mol. The van der Waals surface area contributed by atoms with Crippen molar-refractivity contribution < 1.29 is 9.47 Å². The molecule has 0 amide bonds. The van der Waals surface area contributed by atoms with Crippen LogP contribution in [-0.2, 0) is 22.4 Å². The van der Waals surface area contributed by atoms with E-state index in [1.165, 1.54) is 5.39 Å². The SMILES string of the molecule is CCn1nc(CC(N)C2COCCO2)c2ccccc21. The highest BCUT2D eigenvalue weighted by molar-refractivity contribution is 5.82. The third-order valence-corrected chi connectivity index (χ3v) is 3.78. The summed E-state index contributed by atoms with van der Waals surface area (Å²) in [7, 11) is 0. The van der Waals surface area contributed by atoms with Gasteiger partial charge in [-0.25, -0.2) is 0 Å². The Hall–Kier alpha value is -1.43. The molecule has 2 aromatic rings. The number of ether oxygens (including phenoxy) is 2. The van der Waals surface area contributed by atoms with Gasteiger partial charge < -0.3 is 15.2 Å². The fourth-order valence-electron chi connectivity index (χ4n) is 2.70. The van der Waals surface area contributed by atoms with Gasteiger partial charge in [-0.05, 0) is 13.0 Å². The van der Waals surface area contributed by atoms with Gasteiger partial charge in [-0.2, -0.15) is 5.10 Å². The van der Waals surface area contributed by atoms with Crippen LogP contribution in [0, 0.1) is 0 Å². The lowest BCUT2D eigenvalue weighted by molar-refractivity contribution is -0.0968. The van der Waals surface area contributed by atoms with Crippen LogP contribution in [0.1, 0.15) is 12.6 Å². The summed E-state index contributed by atoms with van der Waals surface area (Å²) in [5.74, 6) is 0. The Labute approximate surface area is 118 Å². The minimum absolute atomic E-state index is 0.0331. The molecule has 0 aliphatic carbocycles. The number of aryl methyl sites for hydroxylation is 1. The second kappa shape index (κ2) is 5.91. The van der Waals surface area contributed by atoms with Crippen molar-refractivity contribution in [2.24, 2.45) is 5.73 Å². The van der Waals surface area contributed by atoms with E-state index in [0.29, 0.717) is 26.2 Å². The minimum atomic E-state index is -0.0843. The standard InChI is InChI=1S/C15H21N3O2/c1-2-18-14-6-4-3-5-11(14)13(17-18)9-12(16)15-10-19-7-8-20-15/h3-6,12,15H,2,7-10,16H2,1H3. The third-order valence-electron chi connectivity index (χ3n) is 3.78. The maximum absolute atomic E-state index is 6.27. The number of aromatic nitrogens is 2. The molecule has 5 heteroatoms. The molecule has 0 radical (unpaired) electrons. The molecule has 0 saturated carbocycles. The zero-order valence-electron chi connectivity index (χ0n) is 11.8. The first kappa shape index (κ1) is 13.5. The largest absolute Gasteiger partial charge is 0.376 e. The zero-order valence-corrected chi connectivity index (χ0v) is 11.8. The number of hydrogen-bond donors (Lipinski definition) is 1. The van der Waals surface area contributed by atoms with Gasteiger partial charge in [0.2, 0.25) is 0 Å². The molecule has 3 rings (SSSR count). The highest BCUT2D eigenvalue weighted by atomic mass is 16.6. The van der Waals surface area contributed by atoms with Crippen LogP contribution < -0.4 is 5.73 Å². The molecule has 0 spiro atoms. The lowest BCUT2D eigenvalue weighted by atomic mass is 10.0. The first-order valence-electron chi connectivity index (χ1n) is 7.19. The van der Waals surface area contributed by atoms with E-state index in [1.807, 2.05) is 16.8 Å². The number of benzene rings is 1. The topological polar surface area (TPSA) is 62.3 Å². The van der Waals surface area contributed by atoms with Crippen molar-refractivity contribution >= 4 is 10.9 Å². The highest BCUT2D eigenvalue weighted by Crippen LogP contribution is 2.20. The van der Waals surface area contributed by atoms with E-state index in [0.717, 1.165) is 17.8 Å². The average Bonchev–Trinajstić information content (AvgIpc) is 2.86. The van der Waals surface area contributed by atoms with Crippen molar-refractivity contribution in [2.45, 2.75) is 32.0 Å². The van der Waals surface area contributed by atoms with Crippen molar-refractivity contribution in [3.8, 4) is 0 Å². The van der Waals surface area contributed by atoms with Gasteiger partial charge in [-0.15, -0.1) is 0 Å². The molecule has 2 N–H and O–H groups in total. The van der Waals surface area contributed by atoms with Crippen molar-refractivity contribution in [3.63, 3.8) is 0 Å². The first-order valence-corrected chi connectivity index (χ1v) is 7.19. The van der Waals surface area contributed by atoms with Crippen LogP contribution in [0.2, 0.25) is 0 Å². The lowest BCUT2D eigenvalue weighted by Gasteiger charge is -2.27. The molecule has 2 unspecified atom stereocenters. The van der Waals surface area contributed by atoms with Gasteiger partial charge in [0.1, 0.15) is 0 Å². The molecule has 108 valence electrons. The number of rotatable bonds is 4. The zero-order chi connectivity index (χ0) is 13.9. The molecule has 1 saturated heterocycles. The van der Waals surface area contributed by atoms with Crippen LogP contribution in [0.5, 0.6) is 0 Å². The molecular formula is C15H21N3O2. The number of nitrogens with two attached hydrogens (primary N) is 1. The van der Waals surface area contributed by atoms with E-state index < -0.39 is 0 Å². The summed E-state index contributed by atoms with van der Waals surface area (Å²) in [6, 6.07) is 8.20. The minimum Gasteiger partial charge on any atom is -0.376 e. The van der Waals surface area contributed by atoms with Crippen LogP contribution in [0.3, 0.4) is 0 Å². The normalized spacial score (nSPS) is 21.2. The van der Waals surface area contributed by atoms with E-state index in [2.05, 4.69) is 24.2 Å². The smallest absolute Gasteiger partial charge is 0.0963 e. The Morgan fingerprint density at radius 1 is 1.40 bits per heavy atom. The summed E-state index contributed by atoms with van der Waals surface area (Å²) in [4.78, 5) is 0. The van der Waals surface area contributed by atoms with Gasteiger partial charge in [0, 0.05) is 24.4 Å². The molecule has 20 heavy (non-hydrogen) atoms. The van der Waals surface area contributed by atoms with Gasteiger partial charge in [0.25, 0.3) is 0 Å². The summed E-state index contributed by atoms with van der Waals surface area (Å²) in [5, 5.41) is 5.86. The number of hydrogen-bond acceptors (Lipinski definition) is 4. The lowest BCUT2D eigenvalue weighted by Crippen LogP contribution is -2.44. The number of fused-ring (bicyclic) bond motifs is 1. The third kappa shape index (κ3) is 2.57. The molecule has 1 aliphatic heterocycles. The average molecular weight is 275 g/mol. The molecule has 5 nitrogen and oxygen atoms in total. The maximum Gasteiger partial charge on any atom is 0.0963 e. The predicted octanol–water partition coefficient (Wildman–Crippen LogP) is 1.34. The van der Waals surface area contributed by atoms with Gasteiger partial charge in [0.15, 0.2) is 0 Å². The molecule has 2 atom stereocenters. The maximum atomic E-state index is 6.27. The van der Waals surface area contributed by atoms with Crippen molar-refractivity contribution in [1.82, 2.24) is 9.78 Å². The Bertz CT molecular complexity index is 576. The van der Waals surface area contributed by atoms with Gasteiger partial charge in [0.05, 0.1) is 37.1 Å². The molecule has 2 heterocycles. The summed E-state index contributed by atoms with van der Waals surface area (Å²) < 4.78 is 13.1. The van der Waals surface area contributed by atoms with Crippen LogP contribution in [0.4, 0.5) is 0 Å². The van der Waals surface area contributed by atoms with Gasteiger partial charge >= 0.3 is 0 Å². The summed E-state index contributed by atoms with van der Waals surface area (Å²) in [6.45, 7) is 4.83. The Kier molecular flexibility index (Phi) is 4.00. The monoisotopic (exact) mass is 275 g/mol. The quantitative estimate of drug-likeness (QED) is 0.914. The molecule has 1 aliphatic rings. The first-order chi connectivity index (χ1) is 9.79. The van der Waals surface area contributed by atoms with Crippen molar-refractivity contribution in [2.75, 3.05) is 19.8 Å². The van der Waals surface area contributed by atoms with Crippen LogP contribution in [-0.4, -0.2) is 41.7 Å². The Morgan fingerprint density at radius 3 is 3.00 bits per heavy atom. The second-order valence-electron chi connectivity index (χ2n) is 5.13. The fourth-order valence-corrected chi connectivity index (χ4v) is 2.70. The highest BCUT2D eigenvalue weighted by Gasteiger charge is 2.24. The van der Waals surface area contributed by atoms with Crippen LogP contribution >= 0.6 is 0 Å². The summed E-state index contributed by atoms with van der Waals surface area (Å²) in [5.41, 5.74) is 8.48. The van der Waals surface area contributed by atoms with E-state index >= 15 is 0 Å². The van der Waals surface area contributed by atoms with E-state index in [4.69, 9.17) is 15.2 Å². The van der Waals surface area contributed by atoms with E-state index in [-0.39, 0.29) is 12.1 Å². The molecule has 1 aromatic carbocycles. The molecule has 1 fully saturated rings. The molecular weight excluding hydrogens is 254 g/mol. The van der Waals surface area contributed by atoms with Crippen LogP contribution in [0.25, 0.3) is 10.9 Å². The summed E-state index contributed by atoms with van der Waals surface area (Å²) >= 11 is 0.